The number of fused-ring (bicyclic) bond motifs is 3. The Labute approximate surface area is 428 Å². The van der Waals surface area contributed by atoms with Gasteiger partial charge in [-0.3, -0.25) is 19.2 Å². The molecule has 1 aliphatic carbocycles. The van der Waals surface area contributed by atoms with E-state index in [1.54, 1.807) is 34.0 Å². The summed E-state index contributed by atoms with van der Waals surface area (Å²) in [7, 11) is 4.56. The SMILES string of the molecule is CO[C@@H]1/C(C)=C/[C@@H](C)C(=O)C[C@@H]([C@H](C)C[C@@H]2CC[C@@H](O)[C@H](OC)C2)OC(=O)[C@@H]2CCCCN2C(=O)C(=O)[C@]2(O)O[C@@H](CC[C@H]2C)C[C@H](OCCOC2COC2)/C(C)=C/C=C/C=C/[C@@H](C)C[C@@H](C)C(=O)[C@@H]1OC. The van der Waals surface area contributed by atoms with Crippen molar-refractivity contribution in [3.8, 4) is 0 Å². The third-order valence-corrected chi connectivity index (χ3v) is 15.8. The van der Waals surface area contributed by atoms with Crippen LogP contribution in [0.3, 0.4) is 0 Å². The van der Waals surface area contributed by atoms with E-state index >= 15 is 0 Å². The van der Waals surface area contributed by atoms with Gasteiger partial charge in [-0.2, -0.15) is 0 Å². The highest BCUT2D eigenvalue weighted by Gasteiger charge is 2.53. The first-order chi connectivity index (χ1) is 34.3. The molecule has 15 atom stereocenters. The quantitative estimate of drug-likeness (QED) is 0.0967. The molecule has 0 aromatic heterocycles. The Bertz CT molecular complexity index is 1930. The molecule has 16 nitrogen and oxygen atoms in total. The number of aliphatic hydroxyl groups is 2. The minimum atomic E-state index is -2.46. The molecule has 2 bridgehead atoms. The molecule has 0 radical (unpaired) electrons. The van der Waals surface area contributed by atoms with Crippen LogP contribution in [0.2, 0.25) is 0 Å². The zero-order chi connectivity index (χ0) is 52.7. The number of nitrogens with zero attached hydrogens (tertiary/aromatic N) is 1. The van der Waals surface area contributed by atoms with Crippen molar-refractivity contribution in [3.63, 3.8) is 0 Å². The van der Waals surface area contributed by atoms with Crippen molar-refractivity contribution in [2.75, 3.05) is 54.3 Å². The van der Waals surface area contributed by atoms with E-state index in [1.807, 2.05) is 58.1 Å². The number of Topliss-reactive ketones (excluding diaryl/α,β-unsaturated/α-hetero) is 3. The van der Waals surface area contributed by atoms with E-state index in [0.29, 0.717) is 76.8 Å². The number of hydrogen-bond donors (Lipinski definition) is 2. The number of hydrogen-bond acceptors (Lipinski definition) is 15. The molecule has 3 saturated heterocycles. The van der Waals surface area contributed by atoms with Crippen LogP contribution in [0.4, 0.5) is 0 Å². The van der Waals surface area contributed by atoms with Crippen LogP contribution in [0.15, 0.2) is 47.6 Å². The minimum absolute atomic E-state index is 0.0240. The predicted octanol–water partition coefficient (Wildman–Crippen LogP) is 6.62. The van der Waals surface area contributed by atoms with E-state index in [4.69, 9.17) is 37.9 Å². The molecule has 2 N–H and O–H groups in total. The number of rotatable bonds is 11. The van der Waals surface area contributed by atoms with Gasteiger partial charge in [0.25, 0.3) is 11.7 Å². The lowest BCUT2D eigenvalue weighted by Crippen LogP contribution is -2.61. The van der Waals surface area contributed by atoms with Gasteiger partial charge in [0.1, 0.15) is 36.2 Å². The van der Waals surface area contributed by atoms with Gasteiger partial charge >= 0.3 is 5.97 Å². The van der Waals surface area contributed by atoms with Crippen LogP contribution >= 0.6 is 0 Å². The van der Waals surface area contributed by atoms with Crippen molar-refractivity contribution in [1.82, 2.24) is 4.90 Å². The average molecular weight is 1010 g/mol. The van der Waals surface area contributed by atoms with Gasteiger partial charge in [0, 0.05) is 58.5 Å². The van der Waals surface area contributed by atoms with Gasteiger partial charge < -0.3 is 53.0 Å². The van der Waals surface area contributed by atoms with Crippen LogP contribution in [-0.4, -0.2) is 159 Å². The van der Waals surface area contributed by atoms with Crippen molar-refractivity contribution < 1.29 is 72.1 Å². The monoisotopic (exact) mass is 1010 g/mol. The summed E-state index contributed by atoms with van der Waals surface area (Å²) in [4.78, 5) is 73.0. The topological polar surface area (TPSA) is 203 Å². The number of aliphatic hydroxyl groups excluding tert-OH is 1. The fraction of sp³-hybridized carbons (Fsp3) is 0.768. The lowest BCUT2D eigenvalue weighted by molar-refractivity contribution is -0.266. The summed E-state index contributed by atoms with van der Waals surface area (Å²) in [5, 5.41) is 22.7. The lowest BCUT2D eigenvalue weighted by Gasteiger charge is -2.43. The van der Waals surface area contributed by atoms with Crippen molar-refractivity contribution in [2.45, 2.75) is 186 Å². The molecule has 16 heteroatoms. The fourth-order valence-electron chi connectivity index (χ4n) is 11.0. The Morgan fingerprint density at radius 1 is 0.819 bits per heavy atom. The summed E-state index contributed by atoms with van der Waals surface area (Å²) in [5.74, 6) is -7.64. The third kappa shape index (κ3) is 16.0. The largest absolute Gasteiger partial charge is 0.460 e. The normalized spacial score (nSPS) is 38.9. The zero-order valence-electron chi connectivity index (χ0n) is 44.8. The maximum absolute atomic E-state index is 14.5. The van der Waals surface area contributed by atoms with Crippen LogP contribution in [0, 0.1) is 35.5 Å². The minimum Gasteiger partial charge on any atom is -0.460 e. The maximum atomic E-state index is 14.5. The highest BCUT2D eigenvalue weighted by Crippen LogP contribution is 2.38. The molecule has 0 unspecified atom stereocenters. The standard InChI is InChI=1S/C56H87NO15/c1-34-16-12-11-13-17-35(2)47(70-25-24-69-43-32-68-33-43)30-42-21-19-40(7)56(64,72-42)53(61)54(62)57-23-15-14-18-44(57)55(63)71-48(37(4)28-41-20-22-45(58)49(29-41)65-8)31-46(59)36(3)27-39(6)51(66-9)52(67-10)50(60)38(5)26-34/h11-13,16-17,27,34,36-38,40-45,47-49,51-52,58,64H,14-15,18-26,28-33H2,1-10H3/b13-11+,16-12+,35-17+,39-27+/t34-,36-,37-,38-,40-,41+,42+,44+,45-,47+,48+,49-,51-,52+,56-/m1/s1. The number of amides is 1. The van der Waals surface area contributed by atoms with Gasteiger partial charge in [-0.1, -0.05) is 71.1 Å². The second-order valence-corrected chi connectivity index (χ2v) is 21.5. The Kier molecular flexibility index (Phi) is 23.5. The second-order valence-electron chi connectivity index (χ2n) is 21.5. The first kappa shape index (κ1) is 59.4. The molecular weight excluding hydrogens is 927 g/mol. The Morgan fingerprint density at radius 2 is 1.54 bits per heavy atom. The molecule has 0 spiro atoms. The number of methoxy groups -OCH3 is 3. The van der Waals surface area contributed by atoms with Gasteiger partial charge in [-0.05, 0) is 107 Å². The number of ether oxygens (including phenoxy) is 8. The molecule has 1 amide bonds. The molecule has 5 aliphatic rings. The van der Waals surface area contributed by atoms with Gasteiger partial charge in [0.05, 0.1) is 50.8 Å². The first-order valence-electron chi connectivity index (χ1n) is 26.6. The highest BCUT2D eigenvalue weighted by atomic mass is 16.6. The number of carbonyl (C=O) groups excluding carboxylic acids is 5. The number of ketones is 3. The molecule has 0 aromatic rings. The van der Waals surface area contributed by atoms with Gasteiger partial charge in [-0.25, -0.2) is 4.79 Å². The lowest BCUT2D eigenvalue weighted by atomic mass is 9.78. The molecule has 4 heterocycles. The van der Waals surface area contributed by atoms with Crippen LogP contribution in [0.5, 0.6) is 0 Å². The first-order valence-corrected chi connectivity index (χ1v) is 26.6. The van der Waals surface area contributed by atoms with E-state index in [0.717, 1.165) is 12.0 Å². The number of cyclic esters (lactones) is 1. The third-order valence-electron chi connectivity index (χ3n) is 15.8. The number of esters is 1. The molecular formula is C56H87NO15. The van der Waals surface area contributed by atoms with E-state index < -0.39 is 77.9 Å². The van der Waals surface area contributed by atoms with Crippen molar-refractivity contribution >= 4 is 29.2 Å². The van der Waals surface area contributed by atoms with E-state index in [2.05, 4.69) is 0 Å². The molecule has 4 fully saturated rings. The smallest absolute Gasteiger partial charge is 0.329 e. The van der Waals surface area contributed by atoms with E-state index in [-0.39, 0.29) is 79.9 Å². The van der Waals surface area contributed by atoms with Crippen LogP contribution in [-0.2, 0) is 61.9 Å². The number of carbonyl (C=O) groups is 5. The Balaban J connectivity index is 1.48. The fourth-order valence-corrected chi connectivity index (χ4v) is 11.0. The summed E-state index contributed by atoms with van der Waals surface area (Å²) in [6, 6.07) is -1.14. The van der Waals surface area contributed by atoms with E-state index in [1.165, 1.54) is 19.1 Å². The second kappa shape index (κ2) is 28.4. The van der Waals surface area contributed by atoms with Crippen LogP contribution in [0.25, 0.3) is 0 Å². The Hall–Kier alpha value is -3.45. The van der Waals surface area contributed by atoms with Crippen LogP contribution < -0.4 is 0 Å². The van der Waals surface area contributed by atoms with E-state index in [9.17, 15) is 34.2 Å². The summed E-state index contributed by atoms with van der Waals surface area (Å²) >= 11 is 0. The molecule has 0 aromatic carbocycles. The van der Waals surface area contributed by atoms with Crippen molar-refractivity contribution in [2.24, 2.45) is 35.5 Å². The van der Waals surface area contributed by atoms with Crippen molar-refractivity contribution in [3.05, 3.63) is 47.6 Å². The molecule has 406 valence electrons. The summed E-state index contributed by atoms with van der Waals surface area (Å²) < 4.78 is 47.4. The highest BCUT2D eigenvalue weighted by molar-refractivity contribution is 6.39. The Morgan fingerprint density at radius 3 is 2.22 bits per heavy atom. The summed E-state index contributed by atoms with van der Waals surface area (Å²) in [6.07, 6.45) is 12.2. The molecule has 4 aliphatic heterocycles. The zero-order valence-corrected chi connectivity index (χ0v) is 44.8. The maximum Gasteiger partial charge on any atom is 0.329 e. The average Bonchev–Trinajstić information content (AvgIpc) is 3.34. The molecule has 5 rings (SSSR count). The summed E-state index contributed by atoms with van der Waals surface area (Å²) in [5.41, 5.74) is 1.51. The van der Waals surface area contributed by atoms with Gasteiger partial charge in [-0.15, -0.1) is 0 Å². The molecule has 72 heavy (non-hydrogen) atoms. The number of piperidine rings is 1. The molecule has 1 saturated carbocycles. The summed E-state index contributed by atoms with van der Waals surface area (Å²) in [6.45, 7) is 14.8. The predicted molar refractivity (Wildman–Crippen MR) is 269 cm³/mol. The van der Waals surface area contributed by atoms with Gasteiger partial charge in [0.2, 0.25) is 5.79 Å². The van der Waals surface area contributed by atoms with Crippen LogP contribution in [0.1, 0.15) is 126 Å². The van der Waals surface area contributed by atoms with Gasteiger partial charge in [0.15, 0.2) is 5.78 Å². The van der Waals surface area contributed by atoms with Crippen molar-refractivity contribution in [1.29, 1.82) is 0 Å². The number of allylic oxidation sites excluding steroid dienone is 6.